The quantitative estimate of drug-likeness (QED) is 0.714. The Morgan fingerprint density at radius 2 is 1.43 bits per heavy atom. The monoisotopic (exact) mass is 375 g/mol. The zero-order valence-corrected chi connectivity index (χ0v) is 14.9. The fraction of sp³-hybridized carbons (Fsp3) is 0.130. The van der Waals surface area contributed by atoms with Crippen LogP contribution in [-0.2, 0) is 16.0 Å². The number of carbonyl (C=O) groups is 2. The molecule has 0 fully saturated rings. The third-order valence-electron chi connectivity index (χ3n) is 5.06. The highest BCUT2D eigenvalue weighted by molar-refractivity contribution is 5.97. The minimum atomic E-state index is -1.13. The van der Waals surface area contributed by atoms with Gasteiger partial charge in [0.05, 0.1) is 5.92 Å². The molecule has 1 aliphatic rings. The van der Waals surface area contributed by atoms with Gasteiger partial charge in [-0.15, -0.1) is 0 Å². The lowest BCUT2D eigenvalue weighted by molar-refractivity contribution is -0.141. The molecule has 1 aliphatic carbocycles. The maximum Gasteiger partial charge on any atom is 0.326 e. The normalized spacial score (nSPS) is 13.5. The van der Waals surface area contributed by atoms with Crippen molar-refractivity contribution in [3.05, 3.63) is 95.3 Å². The van der Waals surface area contributed by atoms with Crippen molar-refractivity contribution in [2.45, 2.75) is 18.4 Å². The molecule has 0 heterocycles. The van der Waals surface area contributed by atoms with E-state index < -0.39 is 17.9 Å². The van der Waals surface area contributed by atoms with Gasteiger partial charge in [-0.3, -0.25) is 4.79 Å². The molecule has 3 aromatic rings. The molecule has 0 radical (unpaired) electrons. The second-order valence-electron chi connectivity index (χ2n) is 6.84. The minimum Gasteiger partial charge on any atom is -0.480 e. The van der Waals surface area contributed by atoms with Gasteiger partial charge in [-0.25, -0.2) is 9.18 Å². The van der Waals surface area contributed by atoms with Crippen molar-refractivity contribution in [2.24, 2.45) is 0 Å². The Labute approximate surface area is 161 Å². The van der Waals surface area contributed by atoms with Crippen LogP contribution in [0.25, 0.3) is 11.1 Å². The SMILES string of the molecule is O=C(N[C@@H](Cc1ccc(F)cc1)C(=O)O)C1c2ccccc2-c2ccccc21. The standard InChI is InChI=1S/C23H18FNO3/c24-15-11-9-14(10-12-15)13-20(23(27)28)25-22(26)21-18-7-3-1-5-16(18)17-6-2-4-8-19(17)21/h1-12,20-21H,13H2,(H,25,26)(H,27,28)/t20-/m0/s1. The third-order valence-corrected chi connectivity index (χ3v) is 5.06. The first-order chi connectivity index (χ1) is 13.5. The first-order valence-electron chi connectivity index (χ1n) is 9.00. The predicted molar refractivity (Wildman–Crippen MR) is 103 cm³/mol. The smallest absolute Gasteiger partial charge is 0.326 e. The van der Waals surface area contributed by atoms with Crippen molar-refractivity contribution in [1.29, 1.82) is 0 Å². The number of halogens is 1. The summed E-state index contributed by atoms with van der Waals surface area (Å²) in [5.41, 5.74) is 4.35. The molecule has 5 heteroatoms. The second-order valence-corrected chi connectivity index (χ2v) is 6.84. The summed E-state index contributed by atoms with van der Waals surface area (Å²) in [7, 11) is 0. The van der Waals surface area contributed by atoms with Gasteiger partial charge in [-0.1, -0.05) is 60.7 Å². The number of benzene rings is 3. The molecule has 0 bridgehead atoms. The lowest BCUT2D eigenvalue weighted by Gasteiger charge is -2.19. The van der Waals surface area contributed by atoms with Crippen LogP contribution in [0.2, 0.25) is 0 Å². The Morgan fingerprint density at radius 1 is 0.893 bits per heavy atom. The van der Waals surface area contributed by atoms with E-state index in [4.69, 9.17) is 0 Å². The molecule has 4 rings (SSSR count). The number of carboxylic acid groups (broad SMARTS) is 1. The Bertz CT molecular complexity index is 1000. The molecule has 1 atom stereocenters. The van der Waals surface area contributed by atoms with Crippen molar-refractivity contribution in [3.63, 3.8) is 0 Å². The lowest BCUT2D eigenvalue weighted by atomic mass is 9.95. The highest BCUT2D eigenvalue weighted by Crippen LogP contribution is 2.44. The van der Waals surface area contributed by atoms with Crippen LogP contribution in [0.3, 0.4) is 0 Å². The maximum absolute atomic E-state index is 13.1. The van der Waals surface area contributed by atoms with Gasteiger partial charge in [-0.05, 0) is 39.9 Å². The van der Waals surface area contributed by atoms with Crippen LogP contribution >= 0.6 is 0 Å². The number of hydrogen-bond donors (Lipinski definition) is 2. The molecule has 0 aliphatic heterocycles. The molecule has 0 saturated heterocycles. The second kappa shape index (κ2) is 7.27. The Kier molecular flexibility index (Phi) is 4.65. The average Bonchev–Trinajstić information content (AvgIpc) is 3.03. The molecule has 140 valence electrons. The summed E-state index contributed by atoms with van der Waals surface area (Å²) in [5, 5.41) is 12.3. The van der Waals surface area contributed by atoms with E-state index in [-0.39, 0.29) is 18.1 Å². The number of hydrogen-bond acceptors (Lipinski definition) is 2. The Morgan fingerprint density at radius 3 is 1.96 bits per heavy atom. The van der Waals surface area contributed by atoms with Crippen molar-refractivity contribution in [1.82, 2.24) is 5.32 Å². The predicted octanol–water partition coefficient (Wildman–Crippen LogP) is 3.75. The van der Waals surface area contributed by atoms with E-state index in [9.17, 15) is 19.1 Å². The highest BCUT2D eigenvalue weighted by atomic mass is 19.1. The molecule has 1 amide bonds. The molecule has 0 saturated carbocycles. The summed E-state index contributed by atoms with van der Waals surface area (Å²) in [5.74, 6) is -2.43. The number of fused-ring (bicyclic) bond motifs is 3. The Balaban J connectivity index is 1.61. The summed E-state index contributed by atoms with van der Waals surface area (Å²) in [6.45, 7) is 0. The number of rotatable bonds is 5. The summed E-state index contributed by atoms with van der Waals surface area (Å²) in [6.07, 6.45) is 0.0807. The molecular weight excluding hydrogens is 357 g/mol. The summed E-state index contributed by atoms with van der Waals surface area (Å²) >= 11 is 0. The lowest BCUT2D eigenvalue weighted by Crippen LogP contribution is -2.44. The van der Waals surface area contributed by atoms with Crippen molar-refractivity contribution < 1.29 is 19.1 Å². The van der Waals surface area contributed by atoms with Gasteiger partial charge in [0.15, 0.2) is 0 Å². The van der Waals surface area contributed by atoms with Crippen molar-refractivity contribution in [2.75, 3.05) is 0 Å². The van der Waals surface area contributed by atoms with Crippen molar-refractivity contribution >= 4 is 11.9 Å². The molecule has 28 heavy (non-hydrogen) atoms. The Hall–Kier alpha value is -3.47. The largest absolute Gasteiger partial charge is 0.480 e. The van der Waals surface area contributed by atoms with E-state index in [1.807, 2.05) is 48.5 Å². The maximum atomic E-state index is 13.1. The zero-order valence-electron chi connectivity index (χ0n) is 14.9. The fourth-order valence-electron chi connectivity index (χ4n) is 3.75. The number of nitrogens with one attached hydrogen (secondary N) is 1. The van der Waals surface area contributed by atoms with E-state index in [1.54, 1.807) is 0 Å². The zero-order chi connectivity index (χ0) is 19.7. The van der Waals surface area contributed by atoms with Gasteiger partial charge in [-0.2, -0.15) is 0 Å². The van der Waals surface area contributed by atoms with Gasteiger partial charge >= 0.3 is 5.97 Å². The van der Waals surface area contributed by atoms with Gasteiger partial charge in [0.25, 0.3) is 0 Å². The fourth-order valence-corrected chi connectivity index (χ4v) is 3.75. The summed E-state index contributed by atoms with van der Waals surface area (Å²) in [6, 6.07) is 19.8. The van der Waals surface area contributed by atoms with Crippen LogP contribution in [-0.4, -0.2) is 23.0 Å². The van der Waals surface area contributed by atoms with E-state index >= 15 is 0 Å². The van der Waals surface area contributed by atoms with Crippen LogP contribution in [0.1, 0.15) is 22.6 Å². The van der Waals surface area contributed by atoms with Crippen LogP contribution in [0.5, 0.6) is 0 Å². The first-order valence-corrected chi connectivity index (χ1v) is 9.00. The molecular formula is C23H18FNO3. The van der Waals surface area contributed by atoms with Gasteiger partial charge < -0.3 is 10.4 Å². The molecule has 2 N–H and O–H groups in total. The topological polar surface area (TPSA) is 66.4 Å². The van der Waals surface area contributed by atoms with E-state index in [0.29, 0.717) is 5.56 Å². The summed E-state index contributed by atoms with van der Waals surface area (Å²) in [4.78, 5) is 24.8. The molecule has 3 aromatic carbocycles. The average molecular weight is 375 g/mol. The summed E-state index contributed by atoms with van der Waals surface area (Å²) < 4.78 is 13.1. The number of amides is 1. The highest BCUT2D eigenvalue weighted by Gasteiger charge is 2.35. The number of carbonyl (C=O) groups excluding carboxylic acids is 1. The van der Waals surface area contributed by atoms with Crippen molar-refractivity contribution in [3.8, 4) is 11.1 Å². The minimum absolute atomic E-state index is 0.0807. The van der Waals surface area contributed by atoms with Gasteiger partial charge in [0.1, 0.15) is 11.9 Å². The van der Waals surface area contributed by atoms with Crippen LogP contribution in [0, 0.1) is 5.82 Å². The third kappa shape index (κ3) is 3.27. The molecule has 0 unspecified atom stereocenters. The first kappa shape index (κ1) is 17.9. The molecule has 0 aromatic heterocycles. The van der Waals surface area contributed by atoms with Crippen LogP contribution < -0.4 is 5.32 Å². The van der Waals surface area contributed by atoms with Gasteiger partial charge in [0.2, 0.25) is 5.91 Å². The van der Waals surface area contributed by atoms with E-state index in [2.05, 4.69) is 5.32 Å². The number of aliphatic carboxylic acids is 1. The van der Waals surface area contributed by atoms with Gasteiger partial charge in [0, 0.05) is 6.42 Å². The van der Waals surface area contributed by atoms with E-state index in [0.717, 1.165) is 22.3 Å². The number of carboxylic acids is 1. The molecule has 0 spiro atoms. The van der Waals surface area contributed by atoms with E-state index in [1.165, 1.54) is 24.3 Å². The molecule has 4 nitrogen and oxygen atoms in total. The van der Waals surface area contributed by atoms with Crippen LogP contribution in [0.15, 0.2) is 72.8 Å². The van der Waals surface area contributed by atoms with Crippen LogP contribution in [0.4, 0.5) is 4.39 Å².